The molecule has 0 spiro atoms. The molecular formula is C22H44O8. The summed E-state index contributed by atoms with van der Waals surface area (Å²) >= 11 is 0. The van der Waals surface area contributed by atoms with Crippen molar-refractivity contribution in [3.63, 3.8) is 0 Å². The van der Waals surface area contributed by atoms with Gasteiger partial charge in [-0.05, 0) is 52.4 Å². The zero-order chi connectivity index (χ0) is 23.7. The SMILES string of the molecule is CC(O)CO.CCC(CCCCC(O)(CCCCC(CC)C(=O)O)C(C)O)C(=O)O. The standard InChI is InChI=1S/C19H36O6.C3H8O2/c1-4-15(17(21)22)10-6-8-12-19(25,14(3)20)13-9-7-11-16(5-2)18(23)24;1-3(5)2-4/h14-16,20,25H,4-13H2,1-3H3,(H,21,22)(H,23,24);3-5H,2H2,1H3. The van der Waals surface area contributed by atoms with E-state index in [1.807, 2.05) is 13.8 Å². The summed E-state index contributed by atoms with van der Waals surface area (Å²) in [6.45, 7) is 6.66. The first-order valence-corrected chi connectivity index (χ1v) is 11.1. The number of aliphatic hydroxyl groups excluding tert-OH is 3. The largest absolute Gasteiger partial charge is 0.481 e. The Bertz CT molecular complexity index is 420. The molecule has 0 aliphatic heterocycles. The lowest BCUT2D eigenvalue weighted by molar-refractivity contribution is -0.143. The second kappa shape index (κ2) is 17.5. The highest BCUT2D eigenvalue weighted by Gasteiger charge is 2.31. The number of carboxylic acids is 2. The fourth-order valence-corrected chi connectivity index (χ4v) is 3.19. The van der Waals surface area contributed by atoms with E-state index in [0.29, 0.717) is 64.2 Å². The minimum Gasteiger partial charge on any atom is -0.481 e. The molecule has 30 heavy (non-hydrogen) atoms. The van der Waals surface area contributed by atoms with Crippen molar-refractivity contribution in [1.29, 1.82) is 0 Å². The fourth-order valence-electron chi connectivity index (χ4n) is 3.19. The number of aliphatic hydroxyl groups is 4. The highest BCUT2D eigenvalue weighted by atomic mass is 16.4. The second-order valence-corrected chi connectivity index (χ2v) is 8.19. The summed E-state index contributed by atoms with van der Waals surface area (Å²) in [5, 5.41) is 54.7. The molecule has 0 saturated heterocycles. The van der Waals surface area contributed by atoms with E-state index in [1.165, 1.54) is 6.92 Å². The van der Waals surface area contributed by atoms with Gasteiger partial charge in [-0.15, -0.1) is 0 Å². The van der Waals surface area contributed by atoms with Gasteiger partial charge in [0.15, 0.2) is 0 Å². The van der Waals surface area contributed by atoms with Crippen LogP contribution in [0.25, 0.3) is 0 Å². The van der Waals surface area contributed by atoms with E-state index in [9.17, 15) is 19.8 Å². The lowest BCUT2D eigenvalue weighted by atomic mass is 9.84. The van der Waals surface area contributed by atoms with Crippen molar-refractivity contribution in [2.75, 3.05) is 6.61 Å². The van der Waals surface area contributed by atoms with Gasteiger partial charge in [0.25, 0.3) is 0 Å². The molecule has 0 aliphatic rings. The third-order valence-electron chi connectivity index (χ3n) is 5.55. The van der Waals surface area contributed by atoms with Crippen LogP contribution in [-0.4, -0.2) is 67.0 Å². The Morgan fingerprint density at radius 1 is 0.800 bits per heavy atom. The zero-order valence-electron chi connectivity index (χ0n) is 19.1. The van der Waals surface area contributed by atoms with Crippen LogP contribution in [0.1, 0.15) is 91.9 Å². The van der Waals surface area contributed by atoms with Crippen LogP contribution in [0.3, 0.4) is 0 Å². The summed E-state index contributed by atoms with van der Waals surface area (Å²) in [5.41, 5.74) is -1.18. The van der Waals surface area contributed by atoms with E-state index in [2.05, 4.69) is 0 Å². The first-order chi connectivity index (χ1) is 13.9. The third-order valence-corrected chi connectivity index (χ3v) is 5.55. The number of aliphatic carboxylic acids is 2. The van der Waals surface area contributed by atoms with Crippen molar-refractivity contribution in [3.05, 3.63) is 0 Å². The number of hydrogen-bond acceptors (Lipinski definition) is 6. The molecule has 0 heterocycles. The normalized spacial score (nSPS) is 17.1. The molecule has 8 heteroatoms. The van der Waals surface area contributed by atoms with Crippen molar-refractivity contribution in [2.24, 2.45) is 11.8 Å². The molecule has 0 aromatic carbocycles. The van der Waals surface area contributed by atoms with Gasteiger partial charge < -0.3 is 30.6 Å². The van der Waals surface area contributed by atoms with Gasteiger partial charge in [-0.1, -0.05) is 39.5 Å². The van der Waals surface area contributed by atoms with Crippen LogP contribution >= 0.6 is 0 Å². The minimum absolute atomic E-state index is 0.139. The van der Waals surface area contributed by atoms with Crippen LogP contribution in [0.15, 0.2) is 0 Å². The first kappa shape index (κ1) is 31.0. The van der Waals surface area contributed by atoms with Gasteiger partial charge in [-0.3, -0.25) is 9.59 Å². The van der Waals surface area contributed by atoms with E-state index >= 15 is 0 Å². The Hall–Kier alpha value is -1.22. The lowest BCUT2D eigenvalue weighted by Crippen LogP contribution is -2.40. The zero-order valence-corrected chi connectivity index (χ0v) is 19.1. The third kappa shape index (κ3) is 14.7. The number of hydrogen-bond donors (Lipinski definition) is 6. The number of unbranched alkanes of at least 4 members (excludes halogenated alkanes) is 2. The maximum atomic E-state index is 11.0. The predicted octanol–water partition coefficient (Wildman–Crippen LogP) is 2.80. The number of rotatable bonds is 16. The summed E-state index contributed by atoms with van der Waals surface area (Å²) < 4.78 is 0. The monoisotopic (exact) mass is 436 g/mol. The molecule has 4 unspecified atom stereocenters. The predicted molar refractivity (Wildman–Crippen MR) is 115 cm³/mol. The van der Waals surface area contributed by atoms with E-state index in [1.54, 1.807) is 6.92 Å². The van der Waals surface area contributed by atoms with E-state index in [-0.39, 0.29) is 18.4 Å². The Morgan fingerprint density at radius 3 is 1.33 bits per heavy atom. The van der Waals surface area contributed by atoms with E-state index < -0.39 is 29.7 Å². The van der Waals surface area contributed by atoms with E-state index in [4.69, 9.17) is 20.4 Å². The summed E-state index contributed by atoms with van der Waals surface area (Å²) in [7, 11) is 0. The first-order valence-electron chi connectivity index (χ1n) is 11.1. The Morgan fingerprint density at radius 2 is 1.13 bits per heavy atom. The molecule has 6 N–H and O–H groups in total. The summed E-state index contributed by atoms with van der Waals surface area (Å²) in [5.74, 6) is -2.25. The molecule has 0 saturated carbocycles. The van der Waals surface area contributed by atoms with Crippen LogP contribution in [0.5, 0.6) is 0 Å². The highest BCUT2D eigenvalue weighted by molar-refractivity contribution is 5.70. The molecule has 0 aromatic rings. The molecule has 180 valence electrons. The topological polar surface area (TPSA) is 156 Å². The van der Waals surface area contributed by atoms with Crippen molar-refractivity contribution >= 4 is 11.9 Å². The lowest BCUT2D eigenvalue weighted by Gasteiger charge is -2.31. The molecule has 0 rings (SSSR count). The van der Waals surface area contributed by atoms with Gasteiger partial charge in [-0.25, -0.2) is 0 Å². The molecule has 4 atom stereocenters. The maximum Gasteiger partial charge on any atom is 0.306 e. The highest BCUT2D eigenvalue weighted by Crippen LogP contribution is 2.27. The maximum absolute atomic E-state index is 11.0. The Kier molecular flexibility index (Phi) is 18.0. The van der Waals surface area contributed by atoms with Crippen LogP contribution in [-0.2, 0) is 9.59 Å². The van der Waals surface area contributed by atoms with Crippen LogP contribution < -0.4 is 0 Å². The van der Waals surface area contributed by atoms with Gasteiger partial charge >= 0.3 is 11.9 Å². The Balaban J connectivity index is 0. The molecule has 0 fully saturated rings. The molecule has 0 bridgehead atoms. The van der Waals surface area contributed by atoms with Gasteiger partial charge in [0.1, 0.15) is 0 Å². The number of carboxylic acid groups (broad SMARTS) is 2. The summed E-state index contributed by atoms with van der Waals surface area (Å²) in [6.07, 6.45) is 4.52. The van der Waals surface area contributed by atoms with Crippen molar-refractivity contribution in [1.82, 2.24) is 0 Å². The molecule has 0 amide bonds. The second-order valence-electron chi connectivity index (χ2n) is 8.19. The number of carbonyl (C=O) groups is 2. The fraction of sp³-hybridized carbons (Fsp3) is 0.909. The smallest absolute Gasteiger partial charge is 0.306 e. The Labute approximate surface area is 180 Å². The van der Waals surface area contributed by atoms with Gasteiger partial charge in [0.05, 0.1) is 36.3 Å². The molecule has 0 aromatic heterocycles. The average Bonchev–Trinajstić information content (AvgIpc) is 2.67. The van der Waals surface area contributed by atoms with Gasteiger partial charge in [-0.2, -0.15) is 0 Å². The van der Waals surface area contributed by atoms with Gasteiger partial charge in [0, 0.05) is 0 Å². The quantitative estimate of drug-likeness (QED) is 0.202. The molecular weight excluding hydrogens is 392 g/mol. The van der Waals surface area contributed by atoms with Crippen molar-refractivity contribution in [2.45, 2.75) is 110 Å². The van der Waals surface area contributed by atoms with Gasteiger partial charge in [0.2, 0.25) is 0 Å². The molecule has 8 nitrogen and oxygen atoms in total. The minimum atomic E-state index is -1.18. The van der Waals surface area contributed by atoms with Crippen LogP contribution in [0.2, 0.25) is 0 Å². The average molecular weight is 437 g/mol. The van der Waals surface area contributed by atoms with Crippen molar-refractivity contribution in [3.8, 4) is 0 Å². The van der Waals surface area contributed by atoms with Crippen LogP contribution in [0.4, 0.5) is 0 Å². The molecule has 0 aliphatic carbocycles. The van der Waals surface area contributed by atoms with Crippen LogP contribution in [0, 0.1) is 11.8 Å². The summed E-state index contributed by atoms with van der Waals surface area (Å²) in [4.78, 5) is 22.0. The van der Waals surface area contributed by atoms with Crippen molar-refractivity contribution < 1.29 is 40.2 Å². The summed E-state index contributed by atoms with van der Waals surface area (Å²) in [6, 6.07) is 0. The molecule has 0 radical (unpaired) electrons. The van der Waals surface area contributed by atoms with E-state index in [0.717, 1.165) is 0 Å².